The molecule has 0 spiro atoms. The van der Waals surface area contributed by atoms with Crippen LogP contribution in [0.25, 0.3) is 11.2 Å². The topological polar surface area (TPSA) is 38.5 Å². The Hall–Kier alpha value is -1.10. The van der Waals surface area contributed by atoms with Gasteiger partial charge in [-0.25, -0.2) is 4.68 Å². The third kappa shape index (κ3) is 2.35. The van der Waals surface area contributed by atoms with E-state index in [4.69, 9.17) is 12.2 Å². The van der Waals surface area contributed by atoms with Gasteiger partial charge in [0.2, 0.25) is 0 Å². The average Bonchev–Trinajstić information content (AvgIpc) is 2.95. The largest absolute Gasteiger partial charge is 0.328 e. The molecule has 5 heteroatoms. The van der Waals surface area contributed by atoms with Crippen LogP contribution in [0.4, 0.5) is 0 Å². The molecular weight excluding hydrogens is 280 g/mol. The van der Waals surface area contributed by atoms with Crippen LogP contribution in [-0.2, 0) is 6.54 Å². The number of nitrogens with one attached hydrogen (secondary N) is 1. The van der Waals surface area contributed by atoms with E-state index in [9.17, 15) is 0 Å². The van der Waals surface area contributed by atoms with Crippen LogP contribution in [-0.4, -0.2) is 19.3 Å². The molecule has 0 amide bonds. The third-order valence-electron chi connectivity index (χ3n) is 5.05. The zero-order valence-electron chi connectivity index (χ0n) is 13.5. The van der Waals surface area contributed by atoms with Crippen molar-refractivity contribution in [1.82, 2.24) is 19.3 Å². The second-order valence-electron chi connectivity index (χ2n) is 6.66. The lowest BCUT2D eigenvalue weighted by atomic mass is 9.77. The summed E-state index contributed by atoms with van der Waals surface area (Å²) in [6.45, 7) is 9.78. The summed E-state index contributed by atoms with van der Waals surface area (Å²) in [6, 6.07) is 0.515. The van der Waals surface area contributed by atoms with Crippen molar-refractivity contribution in [1.29, 1.82) is 0 Å². The molecule has 2 heterocycles. The second-order valence-corrected chi connectivity index (χ2v) is 7.05. The third-order valence-corrected chi connectivity index (χ3v) is 5.35. The Balaban J connectivity index is 2.18. The van der Waals surface area contributed by atoms with E-state index >= 15 is 0 Å². The van der Waals surface area contributed by atoms with Crippen molar-refractivity contribution in [3.8, 4) is 0 Å². The van der Waals surface area contributed by atoms with Gasteiger partial charge >= 0.3 is 0 Å². The van der Waals surface area contributed by atoms with Gasteiger partial charge in [-0.05, 0) is 50.7 Å². The molecule has 2 aromatic heterocycles. The summed E-state index contributed by atoms with van der Waals surface area (Å²) in [5, 5.41) is 4.65. The van der Waals surface area contributed by atoms with E-state index in [2.05, 4.69) is 47.0 Å². The Labute approximate surface area is 131 Å². The summed E-state index contributed by atoms with van der Waals surface area (Å²) in [6.07, 6.45) is 5.21. The first-order valence-corrected chi connectivity index (χ1v) is 8.63. The van der Waals surface area contributed by atoms with Crippen LogP contribution in [0.2, 0.25) is 0 Å². The molecule has 21 heavy (non-hydrogen) atoms. The molecule has 3 rings (SSSR count). The van der Waals surface area contributed by atoms with E-state index in [0.717, 1.165) is 22.5 Å². The van der Waals surface area contributed by atoms with Crippen LogP contribution in [0, 0.1) is 23.5 Å². The molecule has 0 bridgehead atoms. The van der Waals surface area contributed by atoms with Crippen molar-refractivity contribution >= 4 is 23.4 Å². The highest BCUT2D eigenvalue weighted by Crippen LogP contribution is 2.40. The highest BCUT2D eigenvalue weighted by atomic mass is 32.1. The van der Waals surface area contributed by atoms with E-state index in [1.54, 1.807) is 0 Å². The highest BCUT2D eigenvalue weighted by molar-refractivity contribution is 7.71. The SMILES string of the molecule is CCn1nc(C)c2[nH]c(=S)n(C3CCCCC3C(C)C)c21. The monoisotopic (exact) mass is 306 g/mol. The van der Waals surface area contributed by atoms with Gasteiger partial charge in [0.25, 0.3) is 0 Å². The van der Waals surface area contributed by atoms with E-state index in [-0.39, 0.29) is 0 Å². The van der Waals surface area contributed by atoms with E-state index < -0.39 is 0 Å². The van der Waals surface area contributed by atoms with Gasteiger partial charge in [0.1, 0.15) is 5.52 Å². The fourth-order valence-electron chi connectivity index (χ4n) is 3.99. The number of imidazole rings is 1. The van der Waals surface area contributed by atoms with Gasteiger partial charge in [-0.1, -0.05) is 26.7 Å². The molecule has 1 N–H and O–H groups in total. The first-order chi connectivity index (χ1) is 10.0. The lowest BCUT2D eigenvalue weighted by Crippen LogP contribution is -2.27. The van der Waals surface area contributed by atoms with Gasteiger partial charge < -0.3 is 4.98 Å². The standard InChI is InChI=1S/C16H26N4S/c1-5-19-15-14(11(4)18-19)17-16(21)20(15)13-9-7-6-8-12(13)10(2)3/h10,12-13H,5-9H2,1-4H3,(H,17,21). The molecule has 0 aliphatic heterocycles. The quantitative estimate of drug-likeness (QED) is 0.841. The lowest BCUT2D eigenvalue weighted by Gasteiger charge is -2.35. The molecule has 1 saturated carbocycles. The fourth-order valence-corrected chi connectivity index (χ4v) is 4.31. The Bertz CT molecular complexity index is 691. The molecule has 1 aliphatic rings. The van der Waals surface area contributed by atoms with E-state index in [0.29, 0.717) is 17.9 Å². The minimum Gasteiger partial charge on any atom is -0.328 e. The van der Waals surface area contributed by atoms with Crippen LogP contribution >= 0.6 is 12.2 Å². The number of nitrogens with zero attached hydrogens (tertiary/aromatic N) is 3. The lowest BCUT2D eigenvalue weighted by molar-refractivity contribution is 0.185. The maximum Gasteiger partial charge on any atom is 0.179 e. The first kappa shape index (κ1) is 14.8. The predicted octanol–water partition coefficient (Wildman–Crippen LogP) is 4.61. The van der Waals surface area contributed by atoms with Crippen molar-refractivity contribution < 1.29 is 0 Å². The van der Waals surface area contributed by atoms with Crippen molar-refractivity contribution in [3.05, 3.63) is 10.5 Å². The number of rotatable bonds is 3. The van der Waals surface area contributed by atoms with Gasteiger partial charge in [-0.3, -0.25) is 4.57 Å². The summed E-state index contributed by atoms with van der Waals surface area (Å²) in [5.41, 5.74) is 3.36. The summed E-state index contributed by atoms with van der Waals surface area (Å²) in [7, 11) is 0. The number of aryl methyl sites for hydroxylation is 2. The first-order valence-electron chi connectivity index (χ1n) is 8.22. The number of aromatic nitrogens is 4. The van der Waals surface area contributed by atoms with Crippen LogP contribution in [0.5, 0.6) is 0 Å². The molecule has 0 aromatic carbocycles. The van der Waals surface area contributed by atoms with Gasteiger partial charge in [0.15, 0.2) is 10.4 Å². The van der Waals surface area contributed by atoms with Crippen LogP contribution in [0.1, 0.15) is 58.2 Å². The maximum absolute atomic E-state index is 5.66. The molecule has 1 fully saturated rings. The van der Waals surface area contributed by atoms with Crippen molar-refractivity contribution in [2.75, 3.05) is 0 Å². The smallest absolute Gasteiger partial charge is 0.179 e. The summed E-state index contributed by atoms with van der Waals surface area (Å²) < 4.78 is 5.34. The number of fused-ring (bicyclic) bond motifs is 1. The maximum atomic E-state index is 5.66. The van der Waals surface area contributed by atoms with Gasteiger partial charge in [0.05, 0.1) is 5.69 Å². The van der Waals surface area contributed by atoms with Crippen molar-refractivity contribution in [2.24, 2.45) is 11.8 Å². The zero-order valence-corrected chi connectivity index (χ0v) is 14.3. The fraction of sp³-hybridized carbons (Fsp3) is 0.750. The normalized spacial score (nSPS) is 23.3. The van der Waals surface area contributed by atoms with Crippen LogP contribution < -0.4 is 0 Å². The van der Waals surface area contributed by atoms with Crippen LogP contribution in [0.15, 0.2) is 0 Å². The molecule has 0 radical (unpaired) electrons. The molecule has 1 aliphatic carbocycles. The Morgan fingerprint density at radius 1 is 1.33 bits per heavy atom. The van der Waals surface area contributed by atoms with Gasteiger partial charge in [-0.2, -0.15) is 5.10 Å². The Morgan fingerprint density at radius 3 is 2.71 bits per heavy atom. The van der Waals surface area contributed by atoms with Crippen LogP contribution in [0.3, 0.4) is 0 Å². The zero-order chi connectivity index (χ0) is 15.1. The molecule has 2 unspecified atom stereocenters. The predicted molar refractivity (Wildman–Crippen MR) is 89.2 cm³/mol. The van der Waals surface area contributed by atoms with E-state index in [1.807, 2.05) is 0 Å². The van der Waals surface area contributed by atoms with Gasteiger partial charge in [0, 0.05) is 12.6 Å². The molecular formula is C16H26N4S. The minimum absolute atomic E-state index is 0.515. The number of hydrogen-bond acceptors (Lipinski definition) is 2. The second kappa shape index (κ2) is 5.59. The number of hydrogen-bond donors (Lipinski definition) is 1. The number of H-pyrrole nitrogens is 1. The highest BCUT2D eigenvalue weighted by Gasteiger charge is 2.31. The van der Waals surface area contributed by atoms with Crippen molar-refractivity contribution in [3.63, 3.8) is 0 Å². The number of aromatic amines is 1. The molecule has 0 saturated heterocycles. The summed E-state index contributed by atoms with van der Waals surface area (Å²) in [4.78, 5) is 3.40. The molecule has 4 nitrogen and oxygen atoms in total. The molecule has 2 atom stereocenters. The Kier molecular flexibility index (Phi) is 3.95. The van der Waals surface area contributed by atoms with Crippen molar-refractivity contribution in [2.45, 2.75) is 66.0 Å². The van der Waals surface area contributed by atoms with E-state index in [1.165, 1.54) is 31.3 Å². The Morgan fingerprint density at radius 2 is 2.05 bits per heavy atom. The molecule has 2 aromatic rings. The summed E-state index contributed by atoms with van der Waals surface area (Å²) in [5.74, 6) is 1.41. The molecule has 116 valence electrons. The average molecular weight is 306 g/mol. The van der Waals surface area contributed by atoms with Gasteiger partial charge in [-0.15, -0.1) is 0 Å². The summed E-state index contributed by atoms with van der Waals surface area (Å²) >= 11 is 5.66. The minimum atomic E-state index is 0.515.